The van der Waals surface area contributed by atoms with Crippen LogP contribution in [0.2, 0.25) is 0 Å². The molecule has 2 aromatic carbocycles. The van der Waals surface area contributed by atoms with Gasteiger partial charge in [-0.3, -0.25) is 9.89 Å². The minimum Gasteiger partial charge on any atom is -0.456 e. The van der Waals surface area contributed by atoms with Gasteiger partial charge in [-0.05, 0) is 36.8 Å². The van der Waals surface area contributed by atoms with E-state index in [1.54, 1.807) is 36.4 Å². The molecule has 0 unspecified atom stereocenters. The Balaban J connectivity index is 1.62. The van der Waals surface area contributed by atoms with Gasteiger partial charge in [-0.2, -0.15) is 18.3 Å². The first-order valence-electron chi connectivity index (χ1n) is 9.02. The summed E-state index contributed by atoms with van der Waals surface area (Å²) in [5.41, 5.74) is 2.01. The molecule has 0 aliphatic carbocycles. The average molecular weight is 411 g/mol. The summed E-state index contributed by atoms with van der Waals surface area (Å²) in [5.74, 6) is -2.20. The summed E-state index contributed by atoms with van der Waals surface area (Å²) in [6, 6.07) is 15.5. The molecule has 1 amide bonds. The Morgan fingerprint density at radius 3 is 2.63 bits per heavy atom. The van der Waals surface area contributed by atoms with Gasteiger partial charge in [-0.1, -0.05) is 42.5 Å². The minimum absolute atomic E-state index is 0.00562. The van der Waals surface area contributed by atoms with E-state index in [4.69, 9.17) is 4.42 Å². The maximum absolute atomic E-state index is 13.2. The number of para-hydroxylation sites is 2. The number of nitrogens with zero attached hydrogens (tertiary/aromatic N) is 1. The van der Waals surface area contributed by atoms with E-state index in [9.17, 15) is 18.0 Å². The fourth-order valence-electron chi connectivity index (χ4n) is 3.12. The fraction of sp³-hybridized carbons (Fsp3) is 0.0909. The lowest BCUT2D eigenvalue weighted by Crippen LogP contribution is -2.17. The number of furan rings is 1. The summed E-state index contributed by atoms with van der Waals surface area (Å²) in [6.07, 6.45) is -1.25. The third-order valence-corrected chi connectivity index (χ3v) is 4.49. The molecule has 2 aromatic heterocycles. The molecule has 0 aliphatic rings. The van der Waals surface area contributed by atoms with Crippen molar-refractivity contribution < 1.29 is 22.4 Å². The van der Waals surface area contributed by atoms with E-state index in [-0.39, 0.29) is 5.76 Å². The zero-order chi connectivity index (χ0) is 21.3. The number of rotatable bonds is 4. The Labute approximate surface area is 169 Å². The fourth-order valence-corrected chi connectivity index (χ4v) is 3.12. The van der Waals surface area contributed by atoms with Crippen molar-refractivity contribution in [3.63, 3.8) is 0 Å². The highest BCUT2D eigenvalue weighted by Gasteiger charge is 2.40. The Bertz CT molecular complexity index is 1250. The standard InChI is InChI=1S/C22H16F3N3O2/c1-13-12-16(20(30-13)22(23,24)25)21(29)26-17-8-4-2-6-14(17)10-11-19-15-7-3-5-9-18(15)27-28-19/h2-12H,1H3,(H,26,29)(H,27,28). The SMILES string of the molecule is Cc1cc(C(=O)Nc2ccccc2C=Cc2n[nH]c3ccccc23)c(C(F)(F)F)o1. The normalized spacial score (nSPS) is 12.0. The van der Waals surface area contributed by atoms with Crippen molar-refractivity contribution in [2.75, 3.05) is 5.32 Å². The number of anilines is 1. The van der Waals surface area contributed by atoms with E-state index in [1.807, 2.05) is 24.3 Å². The minimum atomic E-state index is -4.76. The molecule has 8 heteroatoms. The highest BCUT2D eigenvalue weighted by molar-refractivity contribution is 6.06. The summed E-state index contributed by atoms with van der Waals surface area (Å²) >= 11 is 0. The molecule has 5 nitrogen and oxygen atoms in total. The number of amides is 1. The molecule has 0 saturated heterocycles. The van der Waals surface area contributed by atoms with E-state index >= 15 is 0 Å². The molecule has 2 N–H and O–H groups in total. The number of carbonyl (C=O) groups is 1. The monoisotopic (exact) mass is 411 g/mol. The lowest BCUT2D eigenvalue weighted by atomic mass is 10.1. The number of fused-ring (bicyclic) bond motifs is 1. The second-order valence-corrected chi connectivity index (χ2v) is 6.63. The molecule has 4 aromatic rings. The molecule has 0 atom stereocenters. The molecule has 4 rings (SSSR count). The number of aryl methyl sites for hydroxylation is 1. The first-order chi connectivity index (χ1) is 14.3. The Morgan fingerprint density at radius 1 is 1.10 bits per heavy atom. The molecule has 0 radical (unpaired) electrons. The van der Waals surface area contributed by atoms with Crippen molar-refractivity contribution in [1.82, 2.24) is 10.2 Å². The highest BCUT2D eigenvalue weighted by Crippen LogP contribution is 2.34. The van der Waals surface area contributed by atoms with Crippen LogP contribution in [0.25, 0.3) is 23.1 Å². The molecule has 0 aliphatic heterocycles. The second-order valence-electron chi connectivity index (χ2n) is 6.63. The van der Waals surface area contributed by atoms with Gasteiger partial charge in [0.1, 0.15) is 5.76 Å². The lowest BCUT2D eigenvalue weighted by molar-refractivity contribution is -0.153. The number of benzene rings is 2. The quantitative estimate of drug-likeness (QED) is 0.439. The first-order valence-corrected chi connectivity index (χ1v) is 9.02. The zero-order valence-electron chi connectivity index (χ0n) is 15.7. The number of hydrogen-bond donors (Lipinski definition) is 2. The van der Waals surface area contributed by atoms with E-state index in [0.29, 0.717) is 16.9 Å². The van der Waals surface area contributed by atoms with Crippen molar-refractivity contribution in [2.24, 2.45) is 0 Å². The average Bonchev–Trinajstić information content (AvgIpc) is 3.31. The van der Waals surface area contributed by atoms with Gasteiger partial charge in [-0.25, -0.2) is 0 Å². The van der Waals surface area contributed by atoms with Crippen LogP contribution in [0, 0.1) is 6.92 Å². The largest absolute Gasteiger partial charge is 0.456 e. The van der Waals surface area contributed by atoms with Gasteiger partial charge in [0.25, 0.3) is 5.91 Å². The van der Waals surface area contributed by atoms with E-state index in [2.05, 4.69) is 15.5 Å². The van der Waals surface area contributed by atoms with Crippen LogP contribution in [0.3, 0.4) is 0 Å². The Kier molecular flexibility index (Phi) is 4.91. The molecular formula is C22H16F3N3O2. The van der Waals surface area contributed by atoms with Gasteiger partial charge >= 0.3 is 6.18 Å². The van der Waals surface area contributed by atoms with Gasteiger partial charge < -0.3 is 9.73 Å². The zero-order valence-corrected chi connectivity index (χ0v) is 15.7. The maximum atomic E-state index is 13.2. The van der Waals surface area contributed by atoms with Gasteiger partial charge in [0, 0.05) is 11.1 Å². The van der Waals surface area contributed by atoms with Crippen molar-refractivity contribution >= 4 is 34.6 Å². The number of aromatic nitrogens is 2. The molecule has 0 fully saturated rings. The summed E-state index contributed by atoms with van der Waals surface area (Å²) in [5, 5.41) is 10.7. The predicted octanol–water partition coefficient (Wildman–Crippen LogP) is 5.91. The highest BCUT2D eigenvalue weighted by atomic mass is 19.4. The van der Waals surface area contributed by atoms with E-state index in [1.165, 1.54) is 6.92 Å². The molecule has 0 bridgehead atoms. The van der Waals surface area contributed by atoms with E-state index < -0.39 is 23.4 Å². The number of nitrogens with one attached hydrogen (secondary N) is 2. The topological polar surface area (TPSA) is 70.9 Å². The third-order valence-electron chi connectivity index (χ3n) is 4.49. The molecule has 2 heterocycles. The van der Waals surface area contributed by atoms with Crippen molar-refractivity contribution in [3.8, 4) is 0 Å². The summed E-state index contributed by atoms with van der Waals surface area (Å²) in [7, 11) is 0. The number of alkyl halides is 3. The van der Waals surface area contributed by atoms with E-state index in [0.717, 1.165) is 17.0 Å². The Morgan fingerprint density at radius 2 is 1.83 bits per heavy atom. The molecule has 30 heavy (non-hydrogen) atoms. The smallest absolute Gasteiger partial charge is 0.450 e. The first kappa shape index (κ1) is 19.5. The number of carbonyl (C=O) groups excluding carboxylic acids is 1. The predicted molar refractivity (Wildman–Crippen MR) is 108 cm³/mol. The van der Waals surface area contributed by atoms with Crippen LogP contribution in [0.5, 0.6) is 0 Å². The van der Waals surface area contributed by atoms with Gasteiger partial charge in [0.05, 0.1) is 16.8 Å². The van der Waals surface area contributed by atoms with Crippen LogP contribution in [0.4, 0.5) is 18.9 Å². The number of halogens is 3. The van der Waals surface area contributed by atoms with Gasteiger partial charge in [0.2, 0.25) is 5.76 Å². The van der Waals surface area contributed by atoms with Gasteiger partial charge in [0.15, 0.2) is 0 Å². The summed E-state index contributed by atoms with van der Waals surface area (Å²) in [6.45, 7) is 1.36. The van der Waals surface area contributed by atoms with Crippen LogP contribution in [0.15, 0.2) is 59.0 Å². The molecule has 0 spiro atoms. The molecule has 152 valence electrons. The van der Waals surface area contributed by atoms with Crippen LogP contribution in [-0.4, -0.2) is 16.1 Å². The van der Waals surface area contributed by atoms with Gasteiger partial charge in [-0.15, -0.1) is 0 Å². The lowest BCUT2D eigenvalue weighted by Gasteiger charge is -2.09. The van der Waals surface area contributed by atoms with Crippen LogP contribution in [-0.2, 0) is 6.18 Å². The number of H-pyrrole nitrogens is 1. The van der Waals surface area contributed by atoms with Crippen molar-refractivity contribution in [2.45, 2.75) is 13.1 Å². The summed E-state index contributed by atoms with van der Waals surface area (Å²) in [4.78, 5) is 12.5. The summed E-state index contributed by atoms with van der Waals surface area (Å²) < 4.78 is 44.1. The van der Waals surface area contributed by atoms with Crippen molar-refractivity contribution in [3.05, 3.63) is 82.9 Å². The maximum Gasteiger partial charge on any atom is 0.450 e. The van der Waals surface area contributed by atoms with Crippen molar-refractivity contribution in [1.29, 1.82) is 0 Å². The Hall–Kier alpha value is -3.81. The van der Waals surface area contributed by atoms with Crippen LogP contribution in [0.1, 0.15) is 33.1 Å². The molecular weight excluding hydrogens is 395 g/mol. The van der Waals surface area contributed by atoms with Crippen LogP contribution >= 0.6 is 0 Å². The number of hydrogen-bond acceptors (Lipinski definition) is 3. The second kappa shape index (κ2) is 7.55. The molecule has 0 saturated carbocycles. The third kappa shape index (κ3) is 3.84. The van der Waals surface area contributed by atoms with Crippen LogP contribution < -0.4 is 5.32 Å². The number of aromatic amines is 1.